The van der Waals surface area contributed by atoms with Crippen molar-refractivity contribution in [3.8, 4) is 0 Å². The molecule has 0 aliphatic heterocycles. The molecule has 0 aliphatic rings. The van der Waals surface area contributed by atoms with Crippen molar-refractivity contribution in [1.82, 2.24) is 5.32 Å². The van der Waals surface area contributed by atoms with Gasteiger partial charge in [0.1, 0.15) is 0 Å². The highest BCUT2D eigenvalue weighted by Crippen LogP contribution is 2.27. The van der Waals surface area contributed by atoms with Gasteiger partial charge in [0.15, 0.2) is 0 Å². The summed E-state index contributed by atoms with van der Waals surface area (Å²) in [7, 11) is 0. The summed E-state index contributed by atoms with van der Waals surface area (Å²) >= 11 is 5.36. The zero-order valence-electron chi connectivity index (χ0n) is 10.9. The smallest absolute Gasteiger partial charge is 0.0950 e. The Bertz CT molecular complexity index is 487. The van der Waals surface area contributed by atoms with Gasteiger partial charge < -0.3 is 9.73 Å². The van der Waals surface area contributed by atoms with Crippen LogP contribution in [0.4, 0.5) is 0 Å². The molecule has 2 rings (SSSR count). The third-order valence-electron chi connectivity index (χ3n) is 2.80. The lowest BCUT2D eigenvalue weighted by molar-refractivity contribution is 0.541. The summed E-state index contributed by atoms with van der Waals surface area (Å²) in [5.74, 6) is 0.996. The van der Waals surface area contributed by atoms with Crippen LogP contribution in [0.25, 0.3) is 0 Å². The minimum Gasteiger partial charge on any atom is -0.472 e. The van der Waals surface area contributed by atoms with Gasteiger partial charge in [0.05, 0.1) is 12.5 Å². The fourth-order valence-corrected chi connectivity index (χ4v) is 3.41. The number of hydrogen-bond donors (Lipinski definition) is 1. The van der Waals surface area contributed by atoms with E-state index in [1.54, 1.807) is 6.26 Å². The molecule has 2 aromatic rings. The third kappa shape index (κ3) is 4.71. The van der Waals surface area contributed by atoms with Gasteiger partial charge in [0, 0.05) is 26.7 Å². The molecule has 102 valence electrons. The molecule has 0 bridgehead atoms. The fraction of sp³-hybridized carbons (Fsp3) is 0.333. The molecule has 1 heterocycles. The van der Waals surface area contributed by atoms with Gasteiger partial charge in [0.25, 0.3) is 0 Å². The number of thioether (sulfide) groups is 1. The number of hydrogen-bond acceptors (Lipinski definition) is 3. The Morgan fingerprint density at radius 3 is 2.95 bits per heavy atom. The van der Waals surface area contributed by atoms with Crippen LogP contribution in [-0.4, -0.2) is 12.3 Å². The van der Waals surface area contributed by atoms with E-state index in [4.69, 9.17) is 4.42 Å². The second-order valence-electron chi connectivity index (χ2n) is 4.33. The van der Waals surface area contributed by atoms with Crippen molar-refractivity contribution in [1.29, 1.82) is 0 Å². The summed E-state index contributed by atoms with van der Waals surface area (Å²) in [4.78, 5) is 1.28. The number of halogens is 1. The lowest BCUT2D eigenvalue weighted by atomic mass is 10.2. The van der Waals surface area contributed by atoms with E-state index in [-0.39, 0.29) is 0 Å². The molecule has 0 amide bonds. The third-order valence-corrected chi connectivity index (χ3v) is 4.38. The summed E-state index contributed by atoms with van der Waals surface area (Å²) < 4.78 is 6.31. The van der Waals surface area contributed by atoms with Gasteiger partial charge in [-0.2, -0.15) is 0 Å². The van der Waals surface area contributed by atoms with Crippen molar-refractivity contribution in [3.63, 3.8) is 0 Å². The van der Waals surface area contributed by atoms with Crippen LogP contribution in [0.2, 0.25) is 0 Å². The van der Waals surface area contributed by atoms with E-state index < -0.39 is 0 Å². The highest BCUT2D eigenvalue weighted by Gasteiger charge is 2.12. The zero-order valence-corrected chi connectivity index (χ0v) is 13.3. The molecule has 1 unspecified atom stereocenters. The minimum absolute atomic E-state index is 0.336. The fourth-order valence-electron chi connectivity index (χ4n) is 1.80. The first-order valence-electron chi connectivity index (χ1n) is 6.43. The van der Waals surface area contributed by atoms with Crippen LogP contribution in [0.3, 0.4) is 0 Å². The maximum atomic E-state index is 5.19. The second-order valence-corrected chi connectivity index (χ2v) is 6.34. The van der Waals surface area contributed by atoms with Gasteiger partial charge in [-0.3, -0.25) is 0 Å². The van der Waals surface area contributed by atoms with Crippen molar-refractivity contribution in [2.24, 2.45) is 0 Å². The Morgan fingerprint density at radius 1 is 1.37 bits per heavy atom. The molecule has 0 radical (unpaired) electrons. The normalized spacial score (nSPS) is 12.5. The maximum Gasteiger partial charge on any atom is 0.0950 e. The first-order valence-corrected chi connectivity index (χ1v) is 8.21. The molecular weight excluding hydrogens is 322 g/mol. The van der Waals surface area contributed by atoms with Crippen molar-refractivity contribution in [2.75, 3.05) is 12.3 Å². The van der Waals surface area contributed by atoms with E-state index >= 15 is 0 Å². The highest BCUT2D eigenvalue weighted by molar-refractivity contribution is 9.10. The van der Waals surface area contributed by atoms with Gasteiger partial charge in [0.2, 0.25) is 0 Å². The maximum absolute atomic E-state index is 5.19. The largest absolute Gasteiger partial charge is 0.472 e. The number of benzene rings is 1. The van der Waals surface area contributed by atoms with Crippen molar-refractivity contribution >= 4 is 27.7 Å². The van der Waals surface area contributed by atoms with E-state index in [1.807, 2.05) is 30.2 Å². The highest BCUT2D eigenvalue weighted by atomic mass is 79.9. The minimum atomic E-state index is 0.336. The second kappa shape index (κ2) is 7.78. The van der Waals surface area contributed by atoms with Crippen LogP contribution in [0, 0.1) is 0 Å². The van der Waals surface area contributed by atoms with Gasteiger partial charge in [-0.25, -0.2) is 0 Å². The van der Waals surface area contributed by atoms with Crippen LogP contribution >= 0.6 is 27.7 Å². The number of furan rings is 1. The average Bonchev–Trinajstić information content (AvgIpc) is 2.93. The molecule has 0 aliphatic carbocycles. The van der Waals surface area contributed by atoms with E-state index in [0.29, 0.717) is 6.04 Å². The van der Waals surface area contributed by atoms with Crippen molar-refractivity contribution in [3.05, 3.63) is 52.9 Å². The Labute approximate surface area is 127 Å². The first kappa shape index (κ1) is 14.7. The van der Waals surface area contributed by atoms with E-state index in [2.05, 4.69) is 46.4 Å². The molecule has 1 aromatic carbocycles. The Balaban J connectivity index is 1.96. The van der Waals surface area contributed by atoms with E-state index in [1.165, 1.54) is 10.5 Å². The Hall–Kier alpha value is -0.710. The zero-order chi connectivity index (χ0) is 13.5. The van der Waals surface area contributed by atoms with Crippen LogP contribution in [0.15, 0.2) is 56.6 Å². The molecular formula is C15H18BrNOS. The van der Waals surface area contributed by atoms with Gasteiger partial charge in [-0.15, -0.1) is 11.8 Å². The van der Waals surface area contributed by atoms with Crippen LogP contribution in [0.1, 0.15) is 24.9 Å². The lowest BCUT2D eigenvalue weighted by Gasteiger charge is -2.16. The van der Waals surface area contributed by atoms with Crippen molar-refractivity contribution < 1.29 is 4.42 Å². The van der Waals surface area contributed by atoms with E-state index in [9.17, 15) is 0 Å². The summed E-state index contributed by atoms with van der Waals surface area (Å²) in [5.41, 5.74) is 1.22. The first-order chi connectivity index (χ1) is 9.29. The molecule has 1 atom stereocenters. The monoisotopic (exact) mass is 339 g/mol. The molecule has 0 saturated heterocycles. The van der Waals surface area contributed by atoms with Gasteiger partial charge in [-0.05, 0) is 37.2 Å². The molecule has 2 nitrogen and oxygen atoms in total. The number of rotatable bonds is 7. The quantitative estimate of drug-likeness (QED) is 0.728. The molecule has 1 N–H and O–H groups in total. The van der Waals surface area contributed by atoms with Gasteiger partial charge in [-0.1, -0.05) is 28.9 Å². The van der Waals surface area contributed by atoms with Crippen LogP contribution in [0.5, 0.6) is 0 Å². The summed E-state index contributed by atoms with van der Waals surface area (Å²) in [6.45, 7) is 3.20. The topological polar surface area (TPSA) is 25.2 Å². The van der Waals surface area contributed by atoms with E-state index in [0.717, 1.165) is 23.2 Å². The summed E-state index contributed by atoms with van der Waals surface area (Å²) in [5, 5.41) is 3.56. The molecule has 4 heteroatoms. The average molecular weight is 340 g/mol. The number of nitrogens with one attached hydrogen (secondary N) is 1. The lowest BCUT2D eigenvalue weighted by Crippen LogP contribution is -2.23. The molecule has 1 aromatic heterocycles. The molecule has 0 fully saturated rings. The molecule has 0 saturated carbocycles. The van der Waals surface area contributed by atoms with Crippen molar-refractivity contribution in [2.45, 2.75) is 24.3 Å². The summed E-state index contributed by atoms with van der Waals surface area (Å²) in [6.07, 6.45) is 4.70. The SMILES string of the molecule is CCCNC(CSc1cccc(Br)c1)c1ccoc1. The summed E-state index contributed by atoms with van der Waals surface area (Å²) in [6, 6.07) is 10.8. The molecule has 19 heavy (non-hydrogen) atoms. The van der Waals surface area contributed by atoms with Crippen LogP contribution in [-0.2, 0) is 0 Å². The predicted octanol–water partition coefficient (Wildman–Crippen LogP) is 4.88. The Morgan fingerprint density at radius 2 is 2.26 bits per heavy atom. The molecule has 0 spiro atoms. The van der Waals surface area contributed by atoms with Gasteiger partial charge >= 0.3 is 0 Å². The standard InChI is InChI=1S/C15H18BrNOS/c1-2-7-17-15(12-6-8-18-10-12)11-19-14-5-3-4-13(16)9-14/h3-6,8-10,15,17H,2,7,11H2,1H3. The Kier molecular flexibility index (Phi) is 6.01. The predicted molar refractivity (Wildman–Crippen MR) is 84.6 cm³/mol. The van der Waals surface area contributed by atoms with Crippen LogP contribution < -0.4 is 5.32 Å².